The normalized spacial score (nSPS) is 14.8. The third kappa shape index (κ3) is 5.64. The second kappa shape index (κ2) is 6.69. The summed E-state index contributed by atoms with van der Waals surface area (Å²) in [6.45, 7) is 2.97. The Labute approximate surface area is 93.8 Å². The molecule has 0 bridgehead atoms. The van der Waals surface area contributed by atoms with E-state index in [1.807, 2.05) is 12.3 Å². The van der Waals surface area contributed by atoms with Crippen LogP contribution in [0.2, 0.25) is 0 Å². The molecular weight excluding hydrogens is 208 g/mol. The van der Waals surface area contributed by atoms with Crippen LogP contribution in [0.1, 0.15) is 12.5 Å². The molecular formula is C11H18N2OS. The van der Waals surface area contributed by atoms with Crippen molar-refractivity contribution in [2.75, 3.05) is 18.6 Å². The van der Waals surface area contributed by atoms with E-state index < -0.39 is 10.8 Å². The maximum Gasteiger partial charge on any atom is 0.0383 e. The fraction of sp³-hybridized carbons (Fsp3) is 0.545. The summed E-state index contributed by atoms with van der Waals surface area (Å²) >= 11 is 0. The Bertz CT molecular complexity index is 303. The average Bonchev–Trinajstić information content (AvgIpc) is 2.18. The highest BCUT2D eigenvalue weighted by atomic mass is 32.2. The first-order valence-corrected chi connectivity index (χ1v) is 6.83. The number of rotatable bonds is 6. The highest BCUT2D eigenvalue weighted by Crippen LogP contribution is 1.96. The van der Waals surface area contributed by atoms with Crippen molar-refractivity contribution in [3.05, 3.63) is 30.1 Å². The minimum Gasteiger partial charge on any atom is -0.313 e. The van der Waals surface area contributed by atoms with Gasteiger partial charge in [0.2, 0.25) is 0 Å². The standard InChI is InChI=1S/C11H18N2OS/c1-10(9-15(2)14)13-7-5-11-4-3-6-12-8-11/h3-4,6,8,10,13H,5,7,9H2,1-2H3. The number of nitrogens with zero attached hydrogens (tertiary/aromatic N) is 1. The van der Waals surface area contributed by atoms with Gasteiger partial charge in [-0.15, -0.1) is 0 Å². The van der Waals surface area contributed by atoms with E-state index in [-0.39, 0.29) is 0 Å². The van der Waals surface area contributed by atoms with Gasteiger partial charge in [-0.25, -0.2) is 0 Å². The summed E-state index contributed by atoms with van der Waals surface area (Å²) in [6.07, 6.45) is 6.36. The maximum atomic E-state index is 10.9. The van der Waals surface area contributed by atoms with Crippen molar-refractivity contribution in [1.29, 1.82) is 0 Å². The van der Waals surface area contributed by atoms with Crippen molar-refractivity contribution in [3.8, 4) is 0 Å². The lowest BCUT2D eigenvalue weighted by Gasteiger charge is -2.11. The van der Waals surface area contributed by atoms with Crippen molar-refractivity contribution in [1.82, 2.24) is 10.3 Å². The SMILES string of the molecule is CC(CS(C)=O)NCCc1cccnc1. The Hall–Kier alpha value is -0.740. The van der Waals surface area contributed by atoms with Crippen LogP contribution in [0.15, 0.2) is 24.5 Å². The van der Waals surface area contributed by atoms with Gasteiger partial charge >= 0.3 is 0 Å². The van der Waals surface area contributed by atoms with Crippen LogP contribution in [0.25, 0.3) is 0 Å². The third-order valence-electron chi connectivity index (χ3n) is 2.11. The average molecular weight is 226 g/mol. The molecule has 0 aliphatic rings. The molecule has 1 heterocycles. The van der Waals surface area contributed by atoms with E-state index in [0.29, 0.717) is 11.8 Å². The molecule has 0 saturated carbocycles. The van der Waals surface area contributed by atoms with Crippen LogP contribution < -0.4 is 5.32 Å². The van der Waals surface area contributed by atoms with E-state index in [1.54, 1.807) is 12.5 Å². The highest BCUT2D eigenvalue weighted by Gasteiger charge is 2.02. The molecule has 0 saturated heterocycles. The molecule has 1 rings (SSSR count). The Morgan fingerprint density at radius 1 is 1.60 bits per heavy atom. The molecule has 2 atom stereocenters. The van der Waals surface area contributed by atoms with Crippen molar-refractivity contribution >= 4 is 10.8 Å². The Morgan fingerprint density at radius 2 is 2.40 bits per heavy atom. The van der Waals surface area contributed by atoms with Gasteiger partial charge < -0.3 is 5.32 Å². The first-order chi connectivity index (χ1) is 7.18. The molecule has 15 heavy (non-hydrogen) atoms. The van der Waals surface area contributed by atoms with Gasteiger partial charge in [-0.05, 0) is 31.5 Å². The van der Waals surface area contributed by atoms with Crippen LogP contribution in [0, 0.1) is 0 Å². The Balaban J connectivity index is 2.19. The van der Waals surface area contributed by atoms with Crippen molar-refractivity contribution in [2.24, 2.45) is 0 Å². The summed E-state index contributed by atoms with van der Waals surface area (Å²) in [6, 6.07) is 4.32. The van der Waals surface area contributed by atoms with Crippen molar-refractivity contribution in [3.63, 3.8) is 0 Å². The van der Waals surface area contributed by atoms with Crippen LogP contribution in [0.4, 0.5) is 0 Å². The summed E-state index contributed by atoms with van der Waals surface area (Å²) in [5.74, 6) is 0.715. The smallest absolute Gasteiger partial charge is 0.0383 e. The van der Waals surface area contributed by atoms with Gasteiger partial charge in [-0.1, -0.05) is 6.07 Å². The number of pyridine rings is 1. The lowest BCUT2D eigenvalue weighted by atomic mass is 10.2. The number of hydrogen-bond acceptors (Lipinski definition) is 3. The molecule has 0 aromatic carbocycles. The second-order valence-corrected chi connectivity index (χ2v) is 5.19. The third-order valence-corrected chi connectivity index (χ3v) is 3.08. The quantitative estimate of drug-likeness (QED) is 0.786. The molecule has 4 heteroatoms. The summed E-state index contributed by atoms with van der Waals surface area (Å²) < 4.78 is 10.9. The lowest BCUT2D eigenvalue weighted by molar-refractivity contribution is 0.588. The zero-order valence-corrected chi connectivity index (χ0v) is 10.1. The largest absolute Gasteiger partial charge is 0.313 e. The van der Waals surface area contributed by atoms with E-state index >= 15 is 0 Å². The molecule has 1 aromatic heterocycles. The van der Waals surface area contributed by atoms with Gasteiger partial charge in [0.1, 0.15) is 0 Å². The molecule has 0 amide bonds. The molecule has 0 aliphatic heterocycles. The van der Waals surface area contributed by atoms with Crippen LogP contribution >= 0.6 is 0 Å². The topological polar surface area (TPSA) is 42.0 Å². The Kier molecular flexibility index (Phi) is 5.50. The maximum absolute atomic E-state index is 10.9. The number of nitrogens with one attached hydrogen (secondary N) is 1. The van der Waals surface area contributed by atoms with Crippen molar-refractivity contribution < 1.29 is 4.21 Å². The zero-order chi connectivity index (χ0) is 11.1. The van der Waals surface area contributed by atoms with Crippen LogP contribution in [0.5, 0.6) is 0 Å². The van der Waals surface area contributed by atoms with E-state index in [4.69, 9.17) is 0 Å². The lowest BCUT2D eigenvalue weighted by Crippen LogP contribution is -2.32. The highest BCUT2D eigenvalue weighted by molar-refractivity contribution is 7.84. The minimum atomic E-state index is -0.718. The van der Waals surface area contributed by atoms with E-state index in [2.05, 4.69) is 23.3 Å². The molecule has 1 aromatic rings. The fourth-order valence-electron chi connectivity index (χ4n) is 1.42. The van der Waals surface area contributed by atoms with Gasteiger partial charge in [-0.2, -0.15) is 0 Å². The van der Waals surface area contributed by atoms with Crippen LogP contribution in [0.3, 0.4) is 0 Å². The fourth-order valence-corrected chi connectivity index (χ4v) is 2.24. The minimum absolute atomic E-state index is 0.313. The summed E-state index contributed by atoms with van der Waals surface area (Å²) in [7, 11) is -0.718. The van der Waals surface area contributed by atoms with E-state index in [0.717, 1.165) is 13.0 Å². The second-order valence-electron chi connectivity index (χ2n) is 3.71. The van der Waals surface area contributed by atoms with Gasteiger partial charge in [0.25, 0.3) is 0 Å². The Morgan fingerprint density at radius 3 is 3.00 bits per heavy atom. The van der Waals surface area contributed by atoms with Crippen LogP contribution in [-0.4, -0.2) is 33.8 Å². The zero-order valence-electron chi connectivity index (χ0n) is 9.27. The summed E-state index contributed by atoms with van der Waals surface area (Å²) in [5.41, 5.74) is 1.23. The molecule has 0 fully saturated rings. The summed E-state index contributed by atoms with van der Waals surface area (Å²) in [5, 5.41) is 3.34. The first kappa shape index (κ1) is 12.3. The molecule has 0 aliphatic carbocycles. The monoisotopic (exact) mass is 226 g/mol. The number of aromatic nitrogens is 1. The summed E-state index contributed by atoms with van der Waals surface area (Å²) in [4.78, 5) is 4.05. The molecule has 0 radical (unpaired) electrons. The number of hydrogen-bond donors (Lipinski definition) is 1. The first-order valence-electron chi connectivity index (χ1n) is 5.11. The molecule has 0 spiro atoms. The van der Waals surface area contributed by atoms with E-state index in [1.165, 1.54) is 5.56 Å². The molecule has 3 nitrogen and oxygen atoms in total. The molecule has 2 unspecified atom stereocenters. The van der Waals surface area contributed by atoms with Crippen molar-refractivity contribution in [2.45, 2.75) is 19.4 Å². The van der Waals surface area contributed by atoms with Crippen LogP contribution in [-0.2, 0) is 17.2 Å². The predicted molar refractivity (Wildman–Crippen MR) is 64.3 cm³/mol. The molecule has 84 valence electrons. The van der Waals surface area contributed by atoms with Gasteiger partial charge in [0.15, 0.2) is 0 Å². The van der Waals surface area contributed by atoms with E-state index in [9.17, 15) is 4.21 Å². The van der Waals surface area contributed by atoms with Gasteiger partial charge in [0.05, 0.1) is 0 Å². The van der Waals surface area contributed by atoms with Gasteiger partial charge in [0, 0.05) is 41.2 Å². The van der Waals surface area contributed by atoms with Gasteiger partial charge in [-0.3, -0.25) is 9.19 Å². The molecule has 1 N–H and O–H groups in total. The predicted octanol–water partition coefficient (Wildman–Crippen LogP) is 0.981.